The number of hydrogen-bond acceptors (Lipinski definition) is 5. The van der Waals surface area contributed by atoms with Crippen molar-refractivity contribution in [1.29, 1.82) is 0 Å². The molecule has 7 heteroatoms. The van der Waals surface area contributed by atoms with E-state index in [1.807, 2.05) is 11.9 Å². The molecule has 0 aromatic carbocycles. The van der Waals surface area contributed by atoms with Crippen molar-refractivity contribution in [2.45, 2.75) is 50.0 Å². The highest BCUT2D eigenvalue weighted by Gasteiger charge is 2.42. The minimum atomic E-state index is -0.168. The van der Waals surface area contributed by atoms with Crippen molar-refractivity contribution < 1.29 is 9.53 Å². The summed E-state index contributed by atoms with van der Waals surface area (Å²) in [6.45, 7) is 2.88. The molecule has 1 unspecified atom stereocenters. The van der Waals surface area contributed by atoms with E-state index in [1.54, 1.807) is 4.68 Å². The maximum absolute atomic E-state index is 13.1. The van der Waals surface area contributed by atoms with Crippen LogP contribution in [-0.2, 0) is 16.6 Å². The van der Waals surface area contributed by atoms with Crippen molar-refractivity contribution in [3.05, 3.63) is 5.69 Å². The molecule has 1 saturated heterocycles. The van der Waals surface area contributed by atoms with Crippen molar-refractivity contribution in [2.24, 2.45) is 7.05 Å². The Kier molecular flexibility index (Phi) is 3.75. The fourth-order valence-electron chi connectivity index (χ4n) is 4.28. The molecule has 1 aromatic rings. The maximum Gasteiger partial charge on any atom is 0.232 e. The summed E-state index contributed by atoms with van der Waals surface area (Å²) in [6.07, 6.45) is 6.66. The van der Waals surface area contributed by atoms with Gasteiger partial charge in [0.1, 0.15) is 11.5 Å². The van der Waals surface area contributed by atoms with Crippen molar-refractivity contribution in [3.8, 4) is 0 Å². The third-order valence-electron chi connectivity index (χ3n) is 5.53. The van der Waals surface area contributed by atoms with Gasteiger partial charge in [-0.15, -0.1) is 5.10 Å². The number of nitrogens with zero attached hydrogens (tertiary/aromatic N) is 4. The molecule has 2 fully saturated rings. The standard InChI is InChI=1S/C16H25N5O2/c1-20-14-13(18-19-20)12(5-8-17-14)15(22)21-9-10-23-16(11-21)6-3-2-4-7-16/h12,17H,2-11H2,1H3. The van der Waals surface area contributed by atoms with E-state index in [0.717, 1.165) is 43.9 Å². The Bertz CT molecular complexity index is 588. The Balaban J connectivity index is 1.53. The van der Waals surface area contributed by atoms with Crippen molar-refractivity contribution in [1.82, 2.24) is 19.9 Å². The fraction of sp³-hybridized carbons (Fsp3) is 0.812. The number of aryl methyl sites for hydroxylation is 1. The van der Waals surface area contributed by atoms with E-state index in [0.29, 0.717) is 13.2 Å². The molecule has 23 heavy (non-hydrogen) atoms. The molecular formula is C16H25N5O2. The fourth-order valence-corrected chi connectivity index (χ4v) is 4.28. The van der Waals surface area contributed by atoms with Gasteiger partial charge in [-0.25, -0.2) is 4.68 Å². The Hall–Kier alpha value is -1.63. The van der Waals surface area contributed by atoms with Crippen LogP contribution in [0.5, 0.6) is 0 Å². The normalized spacial score (nSPS) is 26.7. The zero-order valence-corrected chi connectivity index (χ0v) is 13.8. The first-order valence-electron chi connectivity index (χ1n) is 8.75. The number of fused-ring (bicyclic) bond motifs is 1. The minimum absolute atomic E-state index is 0.0930. The number of carbonyl (C=O) groups excluding carboxylic acids is 1. The first kappa shape index (κ1) is 14.9. The van der Waals surface area contributed by atoms with Crippen LogP contribution in [0.25, 0.3) is 0 Å². The van der Waals surface area contributed by atoms with Crippen LogP contribution in [0, 0.1) is 0 Å². The zero-order chi connectivity index (χ0) is 15.9. The monoisotopic (exact) mass is 319 g/mol. The van der Waals surface area contributed by atoms with E-state index in [1.165, 1.54) is 19.3 Å². The van der Waals surface area contributed by atoms with E-state index >= 15 is 0 Å². The first-order valence-corrected chi connectivity index (χ1v) is 8.75. The van der Waals surface area contributed by atoms with Gasteiger partial charge in [0.25, 0.3) is 0 Å². The minimum Gasteiger partial charge on any atom is -0.371 e. The van der Waals surface area contributed by atoms with Gasteiger partial charge in [0, 0.05) is 26.7 Å². The second kappa shape index (κ2) is 5.78. The Labute approximate surface area is 136 Å². The van der Waals surface area contributed by atoms with Crippen LogP contribution < -0.4 is 5.32 Å². The Morgan fingerprint density at radius 1 is 1.35 bits per heavy atom. The number of anilines is 1. The van der Waals surface area contributed by atoms with Crippen LogP contribution in [0.15, 0.2) is 0 Å². The number of nitrogens with one attached hydrogen (secondary N) is 1. The van der Waals surface area contributed by atoms with Crippen molar-refractivity contribution in [2.75, 3.05) is 31.6 Å². The summed E-state index contributed by atoms with van der Waals surface area (Å²) >= 11 is 0. The third-order valence-corrected chi connectivity index (χ3v) is 5.53. The molecule has 2 aliphatic heterocycles. The Morgan fingerprint density at radius 2 is 2.17 bits per heavy atom. The summed E-state index contributed by atoms with van der Waals surface area (Å²) in [6, 6.07) is 0. The highest BCUT2D eigenvalue weighted by molar-refractivity contribution is 5.85. The molecule has 0 bridgehead atoms. The van der Waals surface area contributed by atoms with Crippen LogP contribution in [0.2, 0.25) is 0 Å². The molecule has 126 valence electrons. The van der Waals surface area contributed by atoms with E-state index in [2.05, 4.69) is 15.6 Å². The van der Waals surface area contributed by atoms with Gasteiger partial charge in [-0.3, -0.25) is 4.79 Å². The van der Waals surface area contributed by atoms with Gasteiger partial charge in [0.05, 0.1) is 18.1 Å². The number of morpholine rings is 1. The van der Waals surface area contributed by atoms with Gasteiger partial charge in [0.15, 0.2) is 0 Å². The quantitative estimate of drug-likeness (QED) is 0.844. The Morgan fingerprint density at radius 3 is 3.00 bits per heavy atom. The molecule has 3 heterocycles. The molecule has 1 aliphatic carbocycles. The smallest absolute Gasteiger partial charge is 0.232 e. The lowest BCUT2D eigenvalue weighted by molar-refractivity contribution is -0.157. The molecule has 1 atom stereocenters. The van der Waals surface area contributed by atoms with Gasteiger partial charge in [-0.2, -0.15) is 0 Å². The molecule has 0 radical (unpaired) electrons. The summed E-state index contributed by atoms with van der Waals surface area (Å²) in [5.41, 5.74) is 0.706. The summed E-state index contributed by atoms with van der Waals surface area (Å²) in [4.78, 5) is 15.1. The zero-order valence-electron chi connectivity index (χ0n) is 13.8. The van der Waals surface area contributed by atoms with Crippen LogP contribution in [0.4, 0.5) is 5.82 Å². The number of aromatic nitrogens is 3. The van der Waals surface area contributed by atoms with Crippen LogP contribution in [0.3, 0.4) is 0 Å². The summed E-state index contributed by atoms with van der Waals surface area (Å²) in [5.74, 6) is 0.912. The number of hydrogen-bond donors (Lipinski definition) is 1. The predicted molar refractivity (Wildman–Crippen MR) is 85.2 cm³/mol. The van der Waals surface area contributed by atoms with Gasteiger partial charge in [0.2, 0.25) is 5.91 Å². The van der Waals surface area contributed by atoms with Gasteiger partial charge < -0.3 is 15.0 Å². The van der Waals surface area contributed by atoms with Gasteiger partial charge in [-0.1, -0.05) is 24.5 Å². The molecule has 7 nitrogen and oxygen atoms in total. The average molecular weight is 319 g/mol. The summed E-state index contributed by atoms with van der Waals surface area (Å²) in [7, 11) is 1.86. The molecule has 1 saturated carbocycles. The van der Waals surface area contributed by atoms with Crippen LogP contribution in [0.1, 0.15) is 50.1 Å². The largest absolute Gasteiger partial charge is 0.371 e. The lowest BCUT2D eigenvalue weighted by Crippen LogP contribution is -2.55. The molecule has 1 N–H and O–H groups in total. The van der Waals surface area contributed by atoms with E-state index in [-0.39, 0.29) is 17.4 Å². The molecular weight excluding hydrogens is 294 g/mol. The average Bonchev–Trinajstić information content (AvgIpc) is 2.96. The number of ether oxygens (including phenoxy) is 1. The number of carbonyl (C=O) groups is 1. The van der Waals surface area contributed by atoms with Crippen LogP contribution in [-0.4, -0.2) is 57.6 Å². The molecule has 4 rings (SSSR count). The summed E-state index contributed by atoms with van der Waals surface area (Å²) in [5, 5.41) is 11.6. The van der Waals surface area contributed by atoms with Crippen molar-refractivity contribution in [3.63, 3.8) is 0 Å². The van der Waals surface area contributed by atoms with E-state index < -0.39 is 0 Å². The maximum atomic E-state index is 13.1. The lowest BCUT2D eigenvalue weighted by Gasteiger charge is -2.45. The highest BCUT2D eigenvalue weighted by Crippen LogP contribution is 2.36. The first-order chi connectivity index (χ1) is 11.2. The third kappa shape index (κ3) is 2.60. The van der Waals surface area contributed by atoms with Gasteiger partial charge >= 0.3 is 0 Å². The van der Waals surface area contributed by atoms with Crippen molar-refractivity contribution >= 4 is 11.7 Å². The second-order valence-corrected chi connectivity index (χ2v) is 7.07. The second-order valence-electron chi connectivity index (χ2n) is 7.07. The number of amides is 1. The highest BCUT2D eigenvalue weighted by atomic mass is 16.5. The summed E-state index contributed by atoms with van der Waals surface area (Å²) < 4.78 is 7.83. The molecule has 1 spiro atoms. The SMILES string of the molecule is Cn1nnc2c1NCCC2C(=O)N1CCOC2(CCCCC2)C1. The van der Waals surface area contributed by atoms with E-state index in [9.17, 15) is 4.79 Å². The molecule has 1 aromatic heterocycles. The van der Waals surface area contributed by atoms with Crippen LogP contribution >= 0.6 is 0 Å². The van der Waals surface area contributed by atoms with E-state index in [4.69, 9.17) is 4.74 Å². The topological polar surface area (TPSA) is 72.3 Å². The predicted octanol–water partition coefficient (Wildman–Crippen LogP) is 1.28. The number of rotatable bonds is 1. The van der Waals surface area contributed by atoms with Gasteiger partial charge in [-0.05, 0) is 19.3 Å². The molecule has 1 amide bonds. The molecule has 3 aliphatic rings. The lowest BCUT2D eigenvalue weighted by atomic mass is 9.83.